The van der Waals surface area contributed by atoms with E-state index in [-0.39, 0.29) is 11.7 Å². The van der Waals surface area contributed by atoms with Crippen LogP contribution in [-0.2, 0) is 0 Å². The Hall–Kier alpha value is -1.68. The van der Waals surface area contributed by atoms with Gasteiger partial charge in [0.1, 0.15) is 5.82 Å². The maximum absolute atomic E-state index is 13.1. The highest BCUT2D eigenvalue weighted by molar-refractivity contribution is 5.95. The van der Waals surface area contributed by atoms with Gasteiger partial charge in [-0.3, -0.25) is 9.69 Å². The van der Waals surface area contributed by atoms with Crippen molar-refractivity contribution < 1.29 is 9.18 Å². The average molecular weight is 316 g/mol. The SMILES string of the molecule is CCCCN(C(=O)c1ccc(F)cc1)C1=C[C@@H]2CC[C@@H](C1)N2C. The Kier molecular flexibility index (Phi) is 4.81. The number of nitrogens with zero attached hydrogens (tertiary/aromatic N) is 2. The molecule has 0 spiro atoms. The van der Waals surface area contributed by atoms with Crippen molar-refractivity contribution in [3.8, 4) is 0 Å². The molecule has 3 rings (SSSR count). The quantitative estimate of drug-likeness (QED) is 0.824. The van der Waals surface area contributed by atoms with Crippen LogP contribution >= 0.6 is 0 Å². The van der Waals surface area contributed by atoms with Crippen LogP contribution in [0.1, 0.15) is 49.4 Å². The second kappa shape index (κ2) is 6.83. The zero-order valence-corrected chi connectivity index (χ0v) is 14.0. The maximum atomic E-state index is 13.1. The molecule has 2 atom stereocenters. The van der Waals surface area contributed by atoms with Crippen LogP contribution < -0.4 is 0 Å². The van der Waals surface area contributed by atoms with Crippen molar-refractivity contribution in [2.45, 2.75) is 51.1 Å². The van der Waals surface area contributed by atoms with Crippen molar-refractivity contribution in [3.63, 3.8) is 0 Å². The molecule has 1 fully saturated rings. The van der Waals surface area contributed by atoms with Crippen molar-refractivity contribution in [2.75, 3.05) is 13.6 Å². The van der Waals surface area contributed by atoms with Crippen molar-refractivity contribution in [1.29, 1.82) is 0 Å². The molecule has 0 saturated carbocycles. The third-order valence-corrected chi connectivity index (χ3v) is 5.14. The molecule has 3 nitrogen and oxygen atoms in total. The summed E-state index contributed by atoms with van der Waals surface area (Å²) in [5, 5.41) is 0. The van der Waals surface area contributed by atoms with Gasteiger partial charge in [0.25, 0.3) is 5.91 Å². The summed E-state index contributed by atoms with van der Waals surface area (Å²) in [4.78, 5) is 17.3. The van der Waals surface area contributed by atoms with Crippen LogP contribution in [0.15, 0.2) is 36.0 Å². The van der Waals surface area contributed by atoms with E-state index in [9.17, 15) is 9.18 Å². The molecule has 1 aromatic carbocycles. The number of benzene rings is 1. The van der Waals surface area contributed by atoms with Crippen LogP contribution in [0, 0.1) is 5.82 Å². The lowest BCUT2D eigenvalue weighted by Crippen LogP contribution is -2.41. The van der Waals surface area contributed by atoms with Gasteiger partial charge in [-0.1, -0.05) is 13.3 Å². The molecular weight excluding hydrogens is 291 g/mol. The van der Waals surface area contributed by atoms with E-state index in [0.29, 0.717) is 17.6 Å². The maximum Gasteiger partial charge on any atom is 0.258 e. The first-order valence-electron chi connectivity index (χ1n) is 8.60. The van der Waals surface area contributed by atoms with Gasteiger partial charge in [-0.05, 0) is 56.7 Å². The highest BCUT2D eigenvalue weighted by atomic mass is 19.1. The summed E-state index contributed by atoms with van der Waals surface area (Å²) in [6, 6.07) is 6.89. The van der Waals surface area contributed by atoms with E-state index in [1.807, 2.05) is 4.90 Å². The summed E-state index contributed by atoms with van der Waals surface area (Å²) in [5.74, 6) is -0.313. The Labute approximate surface area is 137 Å². The second-order valence-electron chi connectivity index (χ2n) is 6.64. The molecule has 0 aliphatic carbocycles. The van der Waals surface area contributed by atoms with E-state index in [2.05, 4.69) is 24.9 Å². The van der Waals surface area contributed by atoms with Crippen LogP contribution in [0.4, 0.5) is 4.39 Å². The van der Waals surface area contributed by atoms with Gasteiger partial charge < -0.3 is 4.90 Å². The number of carbonyl (C=O) groups excluding carboxylic acids is 1. The van der Waals surface area contributed by atoms with E-state index in [1.54, 1.807) is 12.1 Å². The van der Waals surface area contributed by atoms with Crippen molar-refractivity contribution in [3.05, 3.63) is 47.4 Å². The molecule has 2 heterocycles. The standard InChI is InChI=1S/C19H25FN2O/c1-3-4-11-22(19(23)14-5-7-15(20)8-6-14)18-12-16-9-10-17(13-18)21(16)2/h5-8,12,16-17H,3-4,9-11,13H2,1-2H3/t16-,17-/m0/s1. The van der Waals surface area contributed by atoms with E-state index in [4.69, 9.17) is 0 Å². The van der Waals surface area contributed by atoms with Gasteiger partial charge in [0.05, 0.1) is 0 Å². The number of hydrogen-bond donors (Lipinski definition) is 0. The zero-order chi connectivity index (χ0) is 16.4. The lowest BCUT2D eigenvalue weighted by molar-refractivity contribution is 0.0784. The van der Waals surface area contributed by atoms with Gasteiger partial charge in [0.2, 0.25) is 0 Å². The van der Waals surface area contributed by atoms with Gasteiger partial charge in [-0.15, -0.1) is 0 Å². The predicted octanol–water partition coefficient (Wildman–Crippen LogP) is 3.82. The molecule has 1 aromatic rings. The van der Waals surface area contributed by atoms with Crippen molar-refractivity contribution >= 4 is 5.91 Å². The van der Waals surface area contributed by atoms with E-state index < -0.39 is 0 Å². The molecular formula is C19H25FN2O. The lowest BCUT2D eigenvalue weighted by Gasteiger charge is -2.35. The molecule has 4 heteroatoms. The fraction of sp³-hybridized carbons (Fsp3) is 0.526. The molecule has 2 aliphatic rings. The first-order valence-corrected chi connectivity index (χ1v) is 8.60. The third-order valence-electron chi connectivity index (χ3n) is 5.14. The molecule has 2 aliphatic heterocycles. The fourth-order valence-electron chi connectivity index (χ4n) is 3.66. The molecule has 1 saturated heterocycles. The number of likely N-dealkylation sites (N-methyl/N-ethyl adjacent to an activating group) is 1. The number of hydrogen-bond acceptors (Lipinski definition) is 2. The third kappa shape index (κ3) is 3.32. The minimum atomic E-state index is -0.307. The Bertz CT molecular complexity index is 596. The first kappa shape index (κ1) is 16.2. The van der Waals surface area contributed by atoms with Crippen LogP contribution in [0.2, 0.25) is 0 Å². The molecule has 0 aromatic heterocycles. The lowest BCUT2D eigenvalue weighted by atomic mass is 10.0. The predicted molar refractivity (Wildman–Crippen MR) is 89.6 cm³/mol. The van der Waals surface area contributed by atoms with Crippen LogP contribution in [-0.4, -0.2) is 41.4 Å². The number of fused-ring (bicyclic) bond motifs is 2. The van der Waals surface area contributed by atoms with Crippen LogP contribution in [0.25, 0.3) is 0 Å². The molecule has 0 N–H and O–H groups in total. The number of unbranched alkanes of at least 4 members (excludes halogenated alkanes) is 1. The summed E-state index contributed by atoms with van der Waals surface area (Å²) in [6.45, 7) is 2.87. The van der Waals surface area contributed by atoms with Gasteiger partial charge in [0.15, 0.2) is 0 Å². The number of amides is 1. The molecule has 23 heavy (non-hydrogen) atoms. The topological polar surface area (TPSA) is 23.6 Å². The molecule has 0 unspecified atom stereocenters. The summed E-state index contributed by atoms with van der Waals surface area (Å²) in [7, 11) is 2.17. The zero-order valence-electron chi connectivity index (χ0n) is 14.0. The van der Waals surface area contributed by atoms with Crippen LogP contribution in [0.5, 0.6) is 0 Å². The Morgan fingerprint density at radius 2 is 2.04 bits per heavy atom. The smallest absolute Gasteiger partial charge is 0.258 e. The Morgan fingerprint density at radius 1 is 1.30 bits per heavy atom. The molecule has 2 bridgehead atoms. The Morgan fingerprint density at radius 3 is 2.70 bits per heavy atom. The second-order valence-corrected chi connectivity index (χ2v) is 6.64. The highest BCUT2D eigenvalue weighted by Gasteiger charge is 2.36. The van der Waals surface area contributed by atoms with Crippen LogP contribution in [0.3, 0.4) is 0 Å². The first-order chi connectivity index (χ1) is 11.1. The Balaban J connectivity index is 1.84. The molecule has 1 amide bonds. The van der Waals surface area contributed by atoms with Crippen molar-refractivity contribution in [2.24, 2.45) is 0 Å². The van der Waals surface area contributed by atoms with Gasteiger partial charge in [0, 0.05) is 36.3 Å². The minimum Gasteiger partial charge on any atom is -0.312 e. The van der Waals surface area contributed by atoms with Gasteiger partial charge in [-0.2, -0.15) is 0 Å². The summed E-state index contributed by atoms with van der Waals surface area (Å²) >= 11 is 0. The number of carbonyl (C=O) groups is 1. The summed E-state index contributed by atoms with van der Waals surface area (Å²) < 4.78 is 13.1. The van der Waals surface area contributed by atoms with Crippen molar-refractivity contribution in [1.82, 2.24) is 9.80 Å². The normalized spacial score (nSPS) is 23.7. The largest absolute Gasteiger partial charge is 0.312 e. The number of halogens is 1. The highest BCUT2D eigenvalue weighted by Crippen LogP contribution is 2.35. The van der Waals surface area contributed by atoms with E-state index >= 15 is 0 Å². The van der Waals surface area contributed by atoms with E-state index in [0.717, 1.165) is 31.5 Å². The van der Waals surface area contributed by atoms with E-state index in [1.165, 1.54) is 25.0 Å². The van der Waals surface area contributed by atoms with Gasteiger partial charge >= 0.3 is 0 Å². The average Bonchev–Trinajstić information content (AvgIpc) is 2.76. The molecule has 0 radical (unpaired) electrons. The molecule has 124 valence electrons. The minimum absolute atomic E-state index is 0.00588. The number of rotatable bonds is 5. The summed E-state index contributed by atoms with van der Waals surface area (Å²) in [6.07, 6.45) is 7.61. The van der Waals surface area contributed by atoms with Gasteiger partial charge in [-0.25, -0.2) is 4.39 Å². The fourth-order valence-corrected chi connectivity index (χ4v) is 3.66. The monoisotopic (exact) mass is 316 g/mol. The summed E-state index contributed by atoms with van der Waals surface area (Å²) in [5.41, 5.74) is 1.72.